The van der Waals surface area contributed by atoms with E-state index in [2.05, 4.69) is 5.10 Å². The van der Waals surface area contributed by atoms with E-state index in [0.717, 1.165) is 33.0 Å². The Morgan fingerprint density at radius 2 is 1.61 bits per heavy atom. The monoisotopic (exact) mass is 650 g/mol. The minimum atomic E-state index is -0.581. The van der Waals surface area contributed by atoms with Gasteiger partial charge in [0.1, 0.15) is 16.9 Å². The number of para-hydroxylation sites is 3. The normalized spacial score (nSPS) is 13.1. The number of rotatable bonds is 5. The van der Waals surface area contributed by atoms with Gasteiger partial charge in [-0.1, -0.05) is 54.6 Å². The molecule has 1 aliphatic rings. The number of amides is 2. The Morgan fingerprint density at radius 1 is 0.837 bits per heavy atom. The first-order chi connectivity index (χ1) is 23.7. The standard InChI is InChI=1S/C39H34N6O4/c1-39(2,3)49-38(47)42-23-20-26-24-27(16-17-28(26)25-42)36(46)44(30-10-5-4-6-11-30)45(37-40-21-18-29-19-22-41-43(29)37)33-14-9-13-32-31-12-7-8-15-34(31)48-35(32)33/h4-19,21-22,24H,20,23,25H2,1-3H3. The molecule has 10 heteroatoms. The van der Waals surface area contributed by atoms with E-state index in [1.54, 1.807) is 31.8 Å². The Morgan fingerprint density at radius 3 is 2.45 bits per heavy atom. The number of fused-ring (bicyclic) bond motifs is 5. The molecule has 0 aliphatic carbocycles. The second-order valence-corrected chi connectivity index (χ2v) is 13.1. The van der Waals surface area contributed by atoms with Crippen LogP contribution in [0.1, 0.15) is 42.3 Å². The smallest absolute Gasteiger partial charge is 0.410 e. The summed E-state index contributed by atoms with van der Waals surface area (Å²) in [4.78, 5) is 34.4. The van der Waals surface area contributed by atoms with Crippen LogP contribution < -0.4 is 10.0 Å². The van der Waals surface area contributed by atoms with E-state index in [9.17, 15) is 4.79 Å². The van der Waals surface area contributed by atoms with Gasteiger partial charge in [0.05, 0.1) is 17.4 Å². The number of nitrogens with zero attached hydrogens (tertiary/aromatic N) is 6. The van der Waals surface area contributed by atoms with E-state index in [0.29, 0.717) is 48.0 Å². The minimum Gasteiger partial charge on any atom is -0.454 e. The quantitative estimate of drug-likeness (QED) is 0.173. The van der Waals surface area contributed by atoms with Crippen molar-refractivity contribution in [1.82, 2.24) is 19.5 Å². The van der Waals surface area contributed by atoms with E-state index in [-0.39, 0.29) is 12.0 Å². The topological polar surface area (TPSA) is 96.4 Å². The van der Waals surface area contributed by atoms with Gasteiger partial charge in [0, 0.05) is 35.6 Å². The van der Waals surface area contributed by atoms with Gasteiger partial charge < -0.3 is 14.1 Å². The van der Waals surface area contributed by atoms with Crippen LogP contribution in [0.2, 0.25) is 0 Å². The molecule has 244 valence electrons. The fourth-order valence-electron chi connectivity index (χ4n) is 6.37. The molecule has 8 rings (SSSR count). The van der Waals surface area contributed by atoms with Gasteiger partial charge in [-0.15, -0.1) is 0 Å². The number of ether oxygens (including phenoxy) is 1. The molecule has 1 aliphatic heterocycles. The van der Waals surface area contributed by atoms with Crippen LogP contribution in [0, 0.1) is 0 Å². The number of hydrazine groups is 1. The summed E-state index contributed by atoms with van der Waals surface area (Å²) >= 11 is 0. The van der Waals surface area contributed by atoms with Gasteiger partial charge in [0.15, 0.2) is 5.58 Å². The number of carbonyl (C=O) groups is 2. The largest absolute Gasteiger partial charge is 0.454 e. The molecule has 0 saturated heterocycles. The molecule has 4 aromatic carbocycles. The lowest BCUT2D eigenvalue weighted by atomic mass is 9.97. The second kappa shape index (κ2) is 11.8. The zero-order valence-corrected chi connectivity index (χ0v) is 27.4. The average molecular weight is 651 g/mol. The van der Waals surface area contributed by atoms with Gasteiger partial charge >= 0.3 is 6.09 Å². The van der Waals surface area contributed by atoms with Crippen molar-refractivity contribution in [1.29, 1.82) is 0 Å². The van der Waals surface area contributed by atoms with Crippen molar-refractivity contribution in [2.45, 2.75) is 39.3 Å². The molecule has 0 radical (unpaired) electrons. The van der Waals surface area contributed by atoms with E-state index in [1.165, 1.54) is 0 Å². The van der Waals surface area contributed by atoms with Crippen LogP contribution in [0.4, 0.5) is 22.1 Å². The fraction of sp³-hybridized carbons (Fsp3) is 0.179. The predicted molar refractivity (Wildman–Crippen MR) is 189 cm³/mol. The summed E-state index contributed by atoms with van der Waals surface area (Å²) in [5.41, 5.74) is 5.30. The third kappa shape index (κ3) is 5.50. The van der Waals surface area contributed by atoms with Crippen molar-refractivity contribution in [3.63, 3.8) is 0 Å². The molecule has 10 nitrogen and oxygen atoms in total. The van der Waals surface area contributed by atoms with Crippen molar-refractivity contribution in [3.05, 3.63) is 132 Å². The molecule has 0 atom stereocenters. The summed E-state index contributed by atoms with van der Waals surface area (Å²) in [5.74, 6) is 0.126. The zero-order valence-electron chi connectivity index (χ0n) is 27.4. The van der Waals surface area contributed by atoms with Crippen LogP contribution in [-0.2, 0) is 17.7 Å². The molecular weight excluding hydrogens is 616 g/mol. The molecule has 0 saturated carbocycles. The van der Waals surface area contributed by atoms with Crippen molar-refractivity contribution in [2.75, 3.05) is 16.6 Å². The summed E-state index contributed by atoms with van der Waals surface area (Å²) in [6, 6.07) is 32.7. The minimum absolute atomic E-state index is 0.275. The Kier molecular flexibility index (Phi) is 7.28. The van der Waals surface area contributed by atoms with Gasteiger partial charge in [0.2, 0.25) is 0 Å². The molecule has 2 amide bonds. The number of hydrogen-bond donors (Lipinski definition) is 0. The fourth-order valence-corrected chi connectivity index (χ4v) is 6.37. The van der Waals surface area contributed by atoms with E-state index in [4.69, 9.17) is 14.1 Å². The summed E-state index contributed by atoms with van der Waals surface area (Å²) in [6.07, 6.45) is 3.67. The molecule has 0 fully saturated rings. The summed E-state index contributed by atoms with van der Waals surface area (Å²) in [7, 11) is 0. The first-order valence-electron chi connectivity index (χ1n) is 16.2. The Hall–Kier alpha value is -6.16. The zero-order chi connectivity index (χ0) is 33.7. The van der Waals surface area contributed by atoms with E-state index >= 15 is 4.79 Å². The number of furan rings is 1. The highest BCUT2D eigenvalue weighted by Crippen LogP contribution is 2.40. The highest BCUT2D eigenvalue weighted by Gasteiger charge is 2.33. The number of hydrogen-bond acceptors (Lipinski definition) is 7. The van der Waals surface area contributed by atoms with Crippen molar-refractivity contribution in [2.24, 2.45) is 0 Å². The molecular formula is C39H34N6O4. The van der Waals surface area contributed by atoms with Crippen LogP contribution in [0.25, 0.3) is 27.5 Å². The van der Waals surface area contributed by atoms with Gasteiger partial charge in [-0.25, -0.2) is 19.8 Å². The SMILES string of the molecule is CC(C)(C)OC(=O)N1CCc2cc(C(=O)N(c3ccccc3)N(c3cccc4c3oc3ccccc34)c3nccc4ccnn34)ccc2C1. The Labute approximate surface area is 282 Å². The highest BCUT2D eigenvalue weighted by atomic mass is 16.6. The van der Waals surface area contributed by atoms with Gasteiger partial charge in [-0.3, -0.25) is 4.79 Å². The number of anilines is 3. The molecule has 0 unspecified atom stereocenters. The first kappa shape index (κ1) is 30.2. The molecule has 3 aromatic heterocycles. The average Bonchev–Trinajstić information content (AvgIpc) is 3.75. The lowest BCUT2D eigenvalue weighted by Crippen LogP contribution is -2.46. The van der Waals surface area contributed by atoms with Crippen molar-refractivity contribution >= 4 is 56.8 Å². The number of carbonyl (C=O) groups excluding carboxylic acids is 2. The Bertz CT molecular complexity index is 2360. The third-order valence-electron chi connectivity index (χ3n) is 8.61. The maximum absolute atomic E-state index is 15.0. The maximum atomic E-state index is 15.0. The van der Waals surface area contributed by atoms with Gasteiger partial charge in [-0.2, -0.15) is 9.61 Å². The van der Waals surface area contributed by atoms with Gasteiger partial charge in [-0.05, 0) is 86.8 Å². The second-order valence-electron chi connectivity index (χ2n) is 13.1. The lowest BCUT2D eigenvalue weighted by molar-refractivity contribution is 0.0223. The van der Waals surface area contributed by atoms with Crippen molar-refractivity contribution < 1.29 is 18.7 Å². The third-order valence-corrected chi connectivity index (χ3v) is 8.61. The number of benzene rings is 4. The van der Waals surface area contributed by atoms with E-state index < -0.39 is 5.60 Å². The molecule has 0 spiro atoms. The van der Waals surface area contributed by atoms with Crippen LogP contribution in [0.3, 0.4) is 0 Å². The first-order valence-corrected chi connectivity index (χ1v) is 16.2. The van der Waals surface area contributed by atoms with Gasteiger partial charge in [0.25, 0.3) is 11.9 Å². The highest BCUT2D eigenvalue weighted by molar-refractivity contribution is 6.13. The van der Waals surface area contributed by atoms with E-state index in [1.807, 2.05) is 124 Å². The van der Waals surface area contributed by atoms with Crippen LogP contribution in [0.5, 0.6) is 0 Å². The van der Waals surface area contributed by atoms with Crippen LogP contribution in [-0.4, -0.2) is 43.6 Å². The molecule has 0 N–H and O–H groups in total. The molecule has 0 bridgehead atoms. The molecule has 4 heterocycles. The predicted octanol–water partition coefficient (Wildman–Crippen LogP) is 8.32. The maximum Gasteiger partial charge on any atom is 0.410 e. The van der Waals surface area contributed by atoms with Crippen molar-refractivity contribution in [3.8, 4) is 0 Å². The lowest BCUT2D eigenvalue weighted by Gasteiger charge is -2.36. The van der Waals surface area contributed by atoms with Crippen LogP contribution in [0.15, 0.2) is 120 Å². The summed E-state index contributed by atoms with van der Waals surface area (Å²) in [6.45, 7) is 6.48. The summed E-state index contributed by atoms with van der Waals surface area (Å²) < 4.78 is 13.8. The number of aromatic nitrogens is 3. The summed E-state index contributed by atoms with van der Waals surface area (Å²) in [5, 5.41) is 9.89. The molecule has 7 aromatic rings. The Balaban J connectivity index is 1.28. The molecule has 49 heavy (non-hydrogen) atoms. The van der Waals surface area contributed by atoms with Crippen LogP contribution >= 0.6 is 0 Å².